The molecule has 0 fully saturated rings. The number of pyridine rings is 1. The van der Waals surface area contributed by atoms with Crippen LogP contribution in [0.1, 0.15) is 31.4 Å². The van der Waals surface area contributed by atoms with Crippen LogP contribution < -0.4 is 5.56 Å². The van der Waals surface area contributed by atoms with E-state index in [9.17, 15) is 14.7 Å². The number of carboxylic acid groups (broad SMARTS) is 1. The Kier molecular flexibility index (Phi) is 4.26. The van der Waals surface area contributed by atoms with Crippen molar-refractivity contribution in [2.24, 2.45) is 0 Å². The van der Waals surface area contributed by atoms with Gasteiger partial charge in [0.15, 0.2) is 0 Å². The maximum atomic E-state index is 12.6. The van der Waals surface area contributed by atoms with Gasteiger partial charge in [0.05, 0.1) is 12.0 Å². The van der Waals surface area contributed by atoms with Gasteiger partial charge < -0.3 is 9.67 Å². The first-order valence-corrected chi connectivity index (χ1v) is 6.96. The Hall–Kier alpha value is -2.36. The van der Waals surface area contributed by atoms with Gasteiger partial charge in [0.25, 0.3) is 5.56 Å². The van der Waals surface area contributed by atoms with Gasteiger partial charge in [-0.1, -0.05) is 43.3 Å². The van der Waals surface area contributed by atoms with Crippen LogP contribution in [0.4, 0.5) is 0 Å². The maximum Gasteiger partial charge on any atom is 0.314 e. The fourth-order valence-electron chi connectivity index (χ4n) is 2.32. The smallest absolute Gasteiger partial charge is 0.314 e. The van der Waals surface area contributed by atoms with Crippen LogP contribution in [-0.2, 0) is 16.8 Å². The second-order valence-corrected chi connectivity index (χ2v) is 5.33. The predicted molar refractivity (Wildman–Crippen MR) is 81.5 cm³/mol. The molecule has 0 amide bonds. The molecule has 1 unspecified atom stereocenters. The van der Waals surface area contributed by atoms with Crippen LogP contribution in [0.15, 0.2) is 53.5 Å². The van der Waals surface area contributed by atoms with Gasteiger partial charge in [-0.2, -0.15) is 0 Å². The van der Waals surface area contributed by atoms with Gasteiger partial charge in [-0.05, 0) is 25.0 Å². The van der Waals surface area contributed by atoms with Crippen molar-refractivity contribution < 1.29 is 9.90 Å². The monoisotopic (exact) mass is 285 g/mol. The van der Waals surface area contributed by atoms with Gasteiger partial charge in [0.1, 0.15) is 0 Å². The number of aromatic nitrogens is 1. The molecule has 1 atom stereocenters. The van der Waals surface area contributed by atoms with E-state index in [1.54, 1.807) is 36.7 Å². The molecule has 0 aliphatic carbocycles. The van der Waals surface area contributed by atoms with E-state index in [1.165, 1.54) is 0 Å². The molecular formula is C17H19NO3. The minimum absolute atomic E-state index is 0.242. The van der Waals surface area contributed by atoms with E-state index in [-0.39, 0.29) is 5.56 Å². The van der Waals surface area contributed by atoms with E-state index in [0.717, 1.165) is 5.56 Å². The molecule has 0 radical (unpaired) electrons. The van der Waals surface area contributed by atoms with Crippen molar-refractivity contribution in [3.63, 3.8) is 0 Å². The first-order valence-electron chi connectivity index (χ1n) is 6.96. The Bertz CT molecular complexity index is 691. The Morgan fingerprint density at radius 1 is 1.19 bits per heavy atom. The average molecular weight is 285 g/mol. The molecule has 2 rings (SSSR count). The molecular weight excluding hydrogens is 266 g/mol. The Labute approximate surface area is 123 Å². The first-order chi connectivity index (χ1) is 9.99. The number of benzene rings is 1. The fourth-order valence-corrected chi connectivity index (χ4v) is 2.32. The summed E-state index contributed by atoms with van der Waals surface area (Å²) in [7, 11) is 0. The van der Waals surface area contributed by atoms with Gasteiger partial charge >= 0.3 is 5.97 Å². The zero-order valence-electron chi connectivity index (χ0n) is 12.2. The lowest BCUT2D eigenvalue weighted by Crippen LogP contribution is -2.39. The fraction of sp³-hybridized carbons (Fsp3) is 0.294. The molecule has 110 valence electrons. The lowest BCUT2D eigenvalue weighted by atomic mass is 9.81. The standard InChI is InChI=1S/C17H19NO3/c1-3-17(2,16(20)21)14-10-7-11-18(15(14)19)12-13-8-5-4-6-9-13/h4-11H,3,12H2,1-2H3,(H,20,21). The van der Waals surface area contributed by atoms with Crippen LogP contribution >= 0.6 is 0 Å². The molecule has 0 bridgehead atoms. The number of hydrogen-bond acceptors (Lipinski definition) is 2. The minimum atomic E-state index is -1.16. The van der Waals surface area contributed by atoms with E-state index in [0.29, 0.717) is 18.5 Å². The molecule has 4 heteroatoms. The summed E-state index contributed by atoms with van der Waals surface area (Å²) >= 11 is 0. The van der Waals surface area contributed by atoms with Crippen LogP contribution in [0.5, 0.6) is 0 Å². The SMILES string of the molecule is CCC(C)(C(=O)O)c1cccn(Cc2ccccc2)c1=O. The van der Waals surface area contributed by atoms with Crippen LogP contribution in [0.3, 0.4) is 0 Å². The summed E-state index contributed by atoms with van der Waals surface area (Å²) in [6.45, 7) is 3.81. The molecule has 1 aromatic heterocycles. The van der Waals surface area contributed by atoms with Gasteiger partial charge in [-0.15, -0.1) is 0 Å². The lowest BCUT2D eigenvalue weighted by Gasteiger charge is -2.23. The van der Waals surface area contributed by atoms with Crippen molar-refractivity contribution in [3.8, 4) is 0 Å². The molecule has 0 saturated carbocycles. The quantitative estimate of drug-likeness (QED) is 0.918. The number of nitrogens with zero attached hydrogens (tertiary/aromatic N) is 1. The van der Waals surface area contributed by atoms with Crippen molar-refractivity contribution >= 4 is 5.97 Å². The van der Waals surface area contributed by atoms with Gasteiger partial charge in [-0.3, -0.25) is 9.59 Å². The van der Waals surface area contributed by atoms with E-state index in [1.807, 2.05) is 30.3 Å². The zero-order valence-corrected chi connectivity index (χ0v) is 12.2. The third kappa shape index (κ3) is 2.89. The molecule has 1 N–H and O–H groups in total. The van der Waals surface area contributed by atoms with Crippen LogP contribution in [0, 0.1) is 0 Å². The summed E-state index contributed by atoms with van der Waals surface area (Å²) in [5.41, 5.74) is -0.0640. The van der Waals surface area contributed by atoms with Crippen molar-refractivity contribution in [1.82, 2.24) is 4.57 Å². The molecule has 21 heavy (non-hydrogen) atoms. The summed E-state index contributed by atoms with van der Waals surface area (Å²) in [6.07, 6.45) is 2.06. The molecule has 0 saturated heterocycles. The van der Waals surface area contributed by atoms with Crippen molar-refractivity contribution in [1.29, 1.82) is 0 Å². The van der Waals surface area contributed by atoms with Gasteiger partial charge in [-0.25, -0.2) is 0 Å². The second kappa shape index (κ2) is 5.95. The van der Waals surface area contributed by atoms with Crippen LogP contribution in [0.2, 0.25) is 0 Å². The zero-order chi connectivity index (χ0) is 15.5. The summed E-state index contributed by atoms with van der Waals surface area (Å²) in [6, 6.07) is 13.0. The topological polar surface area (TPSA) is 59.3 Å². The maximum absolute atomic E-state index is 12.6. The third-order valence-electron chi connectivity index (χ3n) is 3.99. The van der Waals surface area contributed by atoms with Crippen LogP contribution in [0.25, 0.3) is 0 Å². The normalized spacial score (nSPS) is 13.6. The summed E-state index contributed by atoms with van der Waals surface area (Å²) < 4.78 is 1.56. The Balaban J connectivity index is 2.46. The molecule has 1 heterocycles. The molecule has 0 aliphatic heterocycles. The summed E-state index contributed by atoms with van der Waals surface area (Å²) in [4.78, 5) is 24.1. The predicted octanol–water partition coefficient (Wildman–Crippen LogP) is 2.65. The molecule has 0 spiro atoms. The molecule has 4 nitrogen and oxygen atoms in total. The first kappa shape index (κ1) is 15.0. The number of carbonyl (C=O) groups is 1. The highest BCUT2D eigenvalue weighted by molar-refractivity contribution is 5.80. The largest absolute Gasteiger partial charge is 0.481 e. The number of aliphatic carboxylic acids is 1. The minimum Gasteiger partial charge on any atom is -0.481 e. The second-order valence-electron chi connectivity index (χ2n) is 5.33. The van der Waals surface area contributed by atoms with Crippen molar-refractivity contribution in [2.45, 2.75) is 32.2 Å². The summed E-state index contributed by atoms with van der Waals surface area (Å²) in [5.74, 6) is -0.973. The molecule has 1 aromatic carbocycles. The van der Waals surface area contributed by atoms with Crippen molar-refractivity contribution in [2.75, 3.05) is 0 Å². The third-order valence-corrected chi connectivity index (χ3v) is 3.99. The average Bonchev–Trinajstić information content (AvgIpc) is 2.49. The van der Waals surface area contributed by atoms with E-state index >= 15 is 0 Å². The number of hydrogen-bond donors (Lipinski definition) is 1. The highest BCUT2D eigenvalue weighted by Gasteiger charge is 2.35. The number of rotatable bonds is 5. The van der Waals surface area contributed by atoms with Gasteiger partial charge in [0, 0.05) is 11.8 Å². The van der Waals surface area contributed by atoms with Crippen molar-refractivity contribution in [3.05, 3.63) is 70.1 Å². The van der Waals surface area contributed by atoms with E-state index in [2.05, 4.69) is 0 Å². The molecule has 2 aromatic rings. The Morgan fingerprint density at radius 2 is 1.86 bits per heavy atom. The summed E-state index contributed by atoms with van der Waals surface area (Å²) in [5, 5.41) is 9.44. The van der Waals surface area contributed by atoms with Crippen LogP contribution in [-0.4, -0.2) is 15.6 Å². The van der Waals surface area contributed by atoms with E-state index in [4.69, 9.17) is 0 Å². The van der Waals surface area contributed by atoms with E-state index < -0.39 is 11.4 Å². The highest BCUT2D eigenvalue weighted by Crippen LogP contribution is 2.25. The number of carboxylic acids is 1. The highest BCUT2D eigenvalue weighted by atomic mass is 16.4. The van der Waals surface area contributed by atoms with Gasteiger partial charge in [0.2, 0.25) is 0 Å². The Morgan fingerprint density at radius 3 is 2.43 bits per heavy atom. The molecule has 0 aliphatic rings. The lowest BCUT2D eigenvalue weighted by molar-refractivity contribution is -0.143.